The maximum Gasteiger partial charge on any atom is 0.164 e. The number of Topliss-reactive ketones (excluding diaryl/α,β-unsaturated/α-hetero) is 1. The Labute approximate surface area is 80.7 Å². The summed E-state index contributed by atoms with van der Waals surface area (Å²) >= 11 is 0. The lowest BCUT2D eigenvalue weighted by Gasteiger charge is -2.03. The van der Waals surface area contributed by atoms with Gasteiger partial charge in [-0.3, -0.25) is 4.79 Å². The quantitative estimate of drug-likeness (QED) is 0.754. The molecule has 1 rings (SSSR count). The molecule has 0 atom stereocenters. The second-order valence-electron chi connectivity index (χ2n) is 3.03. The van der Waals surface area contributed by atoms with Gasteiger partial charge in [0.25, 0.3) is 0 Å². The normalized spacial score (nSPS) is 10.3. The average Bonchev–Trinajstić information content (AvgIpc) is 2.13. The smallest absolute Gasteiger partial charge is 0.164 e. The van der Waals surface area contributed by atoms with Crippen molar-refractivity contribution in [3.05, 3.63) is 34.9 Å². The minimum Gasteiger partial charge on any atom is -0.330 e. The largest absolute Gasteiger partial charge is 0.330 e. The first-order chi connectivity index (χ1) is 6.56. The van der Waals surface area contributed by atoms with Gasteiger partial charge in [0, 0.05) is 17.5 Å². The molecule has 76 valence electrons. The molecular formula is C10H11F2NO. The number of carbonyl (C=O) groups excluding carboxylic acids is 1. The number of halogens is 2. The standard InChI is InChI=1S/C10H11F2NO/c1-6-8(11)4-7(5-9(6)12)10(14)2-3-13/h4-5H,2-3,13H2,1H3. The van der Waals surface area contributed by atoms with Crippen LogP contribution in [0, 0.1) is 18.6 Å². The van der Waals surface area contributed by atoms with Gasteiger partial charge in [0.2, 0.25) is 0 Å². The Morgan fingerprint density at radius 1 is 1.36 bits per heavy atom. The Morgan fingerprint density at radius 3 is 2.29 bits per heavy atom. The van der Waals surface area contributed by atoms with Gasteiger partial charge in [-0.05, 0) is 25.6 Å². The van der Waals surface area contributed by atoms with Crippen molar-refractivity contribution in [3.8, 4) is 0 Å². The molecule has 0 spiro atoms. The molecule has 0 saturated carbocycles. The molecule has 0 aromatic heterocycles. The van der Waals surface area contributed by atoms with Crippen LogP contribution in [0.15, 0.2) is 12.1 Å². The third kappa shape index (κ3) is 2.14. The predicted molar refractivity (Wildman–Crippen MR) is 49.1 cm³/mol. The molecule has 1 aromatic carbocycles. The summed E-state index contributed by atoms with van der Waals surface area (Å²) in [5, 5.41) is 0. The molecule has 0 saturated heterocycles. The lowest BCUT2D eigenvalue weighted by atomic mass is 10.1. The first kappa shape index (κ1) is 10.8. The molecule has 0 heterocycles. The van der Waals surface area contributed by atoms with E-state index in [-0.39, 0.29) is 29.9 Å². The van der Waals surface area contributed by atoms with E-state index in [2.05, 4.69) is 0 Å². The van der Waals surface area contributed by atoms with Gasteiger partial charge in [0.15, 0.2) is 5.78 Å². The molecule has 4 heteroatoms. The van der Waals surface area contributed by atoms with E-state index < -0.39 is 11.6 Å². The van der Waals surface area contributed by atoms with Crippen LogP contribution in [0.4, 0.5) is 8.78 Å². The molecule has 2 N–H and O–H groups in total. The van der Waals surface area contributed by atoms with Crippen LogP contribution in [0.1, 0.15) is 22.3 Å². The maximum absolute atomic E-state index is 13.0. The van der Waals surface area contributed by atoms with Crippen molar-refractivity contribution in [3.63, 3.8) is 0 Å². The van der Waals surface area contributed by atoms with Crippen molar-refractivity contribution in [2.45, 2.75) is 13.3 Å². The molecule has 1 aromatic rings. The Bertz CT molecular complexity index is 340. The van der Waals surface area contributed by atoms with Crippen molar-refractivity contribution in [1.82, 2.24) is 0 Å². The molecule has 2 nitrogen and oxygen atoms in total. The van der Waals surface area contributed by atoms with E-state index in [9.17, 15) is 13.6 Å². The highest BCUT2D eigenvalue weighted by molar-refractivity contribution is 5.96. The second kappa shape index (κ2) is 4.28. The molecule has 0 bridgehead atoms. The van der Waals surface area contributed by atoms with E-state index in [0.717, 1.165) is 12.1 Å². The zero-order valence-corrected chi connectivity index (χ0v) is 7.81. The van der Waals surface area contributed by atoms with Crippen LogP contribution in [-0.2, 0) is 0 Å². The number of rotatable bonds is 3. The fourth-order valence-corrected chi connectivity index (χ4v) is 1.08. The molecule has 14 heavy (non-hydrogen) atoms. The van der Waals surface area contributed by atoms with Crippen LogP contribution in [0.25, 0.3) is 0 Å². The van der Waals surface area contributed by atoms with E-state index >= 15 is 0 Å². The van der Waals surface area contributed by atoms with E-state index in [1.807, 2.05) is 0 Å². The van der Waals surface area contributed by atoms with Crippen LogP contribution in [0.5, 0.6) is 0 Å². The second-order valence-corrected chi connectivity index (χ2v) is 3.03. The summed E-state index contributed by atoms with van der Waals surface area (Å²) in [6, 6.07) is 2.08. The van der Waals surface area contributed by atoms with Gasteiger partial charge < -0.3 is 5.73 Å². The Balaban J connectivity index is 3.06. The highest BCUT2D eigenvalue weighted by atomic mass is 19.1. The lowest BCUT2D eigenvalue weighted by molar-refractivity contribution is 0.0984. The zero-order chi connectivity index (χ0) is 10.7. The number of ketones is 1. The van der Waals surface area contributed by atoms with Gasteiger partial charge in [-0.25, -0.2) is 8.78 Å². The van der Waals surface area contributed by atoms with E-state index in [1.54, 1.807) is 0 Å². The summed E-state index contributed by atoms with van der Waals surface area (Å²) in [4.78, 5) is 11.2. The molecule has 0 aliphatic carbocycles. The van der Waals surface area contributed by atoms with Crippen molar-refractivity contribution in [2.75, 3.05) is 6.54 Å². The van der Waals surface area contributed by atoms with E-state index in [1.165, 1.54) is 6.92 Å². The van der Waals surface area contributed by atoms with Gasteiger partial charge in [-0.1, -0.05) is 0 Å². The SMILES string of the molecule is Cc1c(F)cc(C(=O)CCN)cc1F. The Morgan fingerprint density at radius 2 is 1.86 bits per heavy atom. The molecule has 0 aliphatic heterocycles. The highest BCUT2D eigenvalue weighted by Crippen LogP contribution is 2.15. The predicted octanol–water partition coefficient (Wildman–Crippen LogP) is 1.80. The highest BCUT2D eigenvalue weighted by Gasteiger charge is 2.11. The molecule has 0 amide bonds. The van der Waals surface area contributed by atoms with Crippen molar-refractivity contribution < 1.29 is 13.6 Å². The monoisotopic (exact) mass is 199 g/mol. The van der Waals surface area contributed by atoms with Gasteiger partial charge >= 0.3 is 0 Å². The van der Waals surface area contributed by atoms with Crippen LogP contribution >= 0.6 is 0 Å². The van der Waals surface area contributed by atoms with Gasteiger partial charge in [-0.15, -0.1) is 0 Å². The fourth-order valence-electron chi connectivity index (χ4n) is 1.08. The number of carbonyl (C=O) groups is 1. The third-order valence-corrected chi connectivity index (χ3v) is 1.97. The van der Waals surface area contributed by atoms with E-state index in [0.29, 0.717) is 0 Å². The third-order valence-electron chi connectivity index (χ3n) is 1.97. The van der Waals surface area contributed by atoms with Crippen LogP contribution < -0.4 is 5.73 Å². The van der Waals surface area contributed by atoms with Gasteiger partial charge in [0.05, 0.1) is 0 Å². The summed E-state index contributed by atoms with van der Waals surface area (Å²) < 4.78 is 26.0. The zero-order valence-electron chi connectivity index (χ0n) is 7.81. The maximum atomic E-state index is 13.0. The molecule has 0 radical (unpaired) electrons. The van der Waals surface area contributed by atoms with Crippen molar-refractivity contribution in [1.29, 1.82) is 0 Å². The summed E-state index contributed by atoms with van der Waals surface area (Å²) in [5.41, 5.74) is 5.13. The van der Waals surface area contributed by atoms with Crippen molar-refractivity contribution >= 4 is 5.78 Å². The Kier molecular flexibility index (Phi) is 3.30. The fraction of sp³-hybridized carbons (Fsp3) is 0.300. The van der Waals surface area contributed by atoms with Crippen LogP contribution in [0.3, 0.4) is 0 Å². The first-order valence-corrected chi connectivity index (χ1v) is 4.25. The number of hydrogen-bond acceptors (Lipinski definition) is 2. The van der Waals surface area contributed by atoms with Gasteiger partial charge in [-0.2, -0.15) is 0 Å². The topological polar surface area (TPSA) is 43.1 Å². The molecular weight excluding hydrogens is 188 g/mol. The van der Waals surface area contributed by atoms with Crippen LogP contribution in [0.2, 0.25) is 0 Å². The minimum atomic E-state index is -0.703. The summed E-state index contributed by atoms with van der Waals surface area (Å²) in [6.07, 6.45) is 0.0991. The molecule has 0 unspecified atom stereocenters. The first-order valence-electron chi connectivity index (χ1n) is 4.25. The minimum absolute atomic E-state index is 0.0380. The number of benzene rings is 1. The van der Waals surface area contributed by atoms with E-state index in [4.69, 9.17) is 5.73 Å². The molecule has 0 aliphatic rings. The Hall–Kier alpha value is -1.29. The lowest BCUT2D eigenvalue weighted by Crippen LogP contribution is -2.09. The summed E-state index contributed by atoms with van der Waals surface area (Å²) in [6.45, 7) is 1.50. The average molecular weight is 199 g/mol. The van der Waals surface area contributed by atoms with Crippen LogP contribution in [-0.4, -0.2) is 12.3 Å². The number of hydrogen-bond donors (Lipinski definition) is 1. The van der Waals surface area contributed by atoms with Gasteiger partial charge in [0.1, 0.15) is 11.6 Å². The molecule has 0 fully saturated rings. The number of nitrogens with two attached hydrogens (primary N) is 1. The summed E-state index contributed by atoms with van der Waals surface area (Å²) in [7, 11) is 0. The summed E-state index contributed by atoms with van der Waals surface area (Å²) in [5.74, 6) is -1.75. The van der Waals surface area contributed by atoms with Crippen molar-refractivity contribution in [2.24, 2.45) is 5.73 Å².